The van der Waals surface area contributed by atoms with Gasteiger partial charge in [0.1, 0.15) is 5.75 Å². The molecule has 0 saturated carbocycles. The van der Waals surface area contributed by atoms with E-state index in [-0.39, 0.29) is 19.3 Å². The van der Waals surface area contributed by atoms with E-state index < -0.39 is 0 Å². The van der Waals surface area contributed by atoms with Crippen molar-refractivity contribution >= 4 is 5.69 Å². The molecule has 0 radical (unpaired) electrons. The molecule has 1 aromatic carbocycles. The Morgan fingerprint density at radius 1 is 1.22 bits per heavy atom. The monoisotopic (exact) mass is 253 g/mol. The van der Waals surface area contributed by atoms with E-state index >= 15 is 0 Å². The van der Waals surface area contributed by atoms with E-state index in [2.05, 4.69) is 5.32 Å². The zero-order chi connectivity index (χ0) is 13.7. The van der Waals surface area contributed by atoms with Crippen LogP contribution in [0, 0.1) is 20.8 Å². The third-order valence-electron chi connectivity index (χ3n) is 3.29. The van der Waals surface area contributed by atoms with Crippen LogP contribution >= 0.6 is 0 Å². The Bertz CT molecular complexity index is 405. The third kappa shape index (κ3) is 3.15. The number of anilines is 1. The lowest BCUT2D eigenvalue weighted by Crippen LogP contribution is -2.25. The van der Waals surface area contributed by atoms with Crippen molar-refractivity contribution in [3.05, 3.63) is 22.8 Å². The minimum absolute atomic E-state index is 0.00409. The van der Waals surface area contributed by atoms with Gasteiger partial charge in [0.2, 0.25) is 0 Å². The molecular weight excluding hydrogens is 230 g/mol. The predicted octanol–water partition coefficient (Wildman–Crippen LogP) is 1.78. The third-order valence-corrected chi connectivity index (χ3v) is 3.29. The van der Waals surface area contributed by atoms with Crippen molar-refractivity contribution < 1.29 is 14.9 Å². The van der Waals surface area contributed by atoms with E-state index in [0.29, 0.717) is 6.42 Å². The Labute approximate surface area is 109 Å². The van der Waals surface area contributed by atoms with Gasteiger partial charge in [0.25, 0.3) is 0 Å². The smallest absolute Gasteiger partial charge is 0.125 e. The highest BCUT2D eigenvalue weighted by Gasteiger charge is 2.13. The summed E-state index contributed by atoms with van der Waals surface area (Å²) in [5.74, 6) is 0.903. The van der Waals surface area contributed by atoms with Crippen molar-refractivity contribution in [2.75, 3.05) is 25.6 Å². The van der Waals surface area contributed by atoms with Gasteiger partial charge < -0.3 is 20.3 Å². The number of aryl methyl sites for hydroxylation is 1. The highest BCUT2D eigenvalue weighted by Crippen LogP contribution is 2.31. The predicted molar refractivity (Wildman–Crippen MR) is 73.4 cm³/mol. The van der Waals surface area contributed by atoms with Crippen molar-refractivity contribution in [2.24, 2.45) is 0 Å². The second kappa shape index (κ2) is 6.61. The quantitative estimate of drug-likeness (QED) is 0.723. The van der Waals surface area contributed by atoms with Crippen LogP contribution in [0.5, 0.6) is 5.75 Å². The van der Waals surface area contributed by atoms with Crippen molar-refractivity contribution in [1.82, 2.24) is 0 Å². The number of ether oxygens (including phenoxy) is 1. The minimum Gasteiger partial charge on any atom is -0.496 e. The Balaban J connectivity index is 3.03. The zero-order valence-electron chi connectivity index (χ0n) is 11.6. The molecule has 0 fully saturated rings. The molecule has 0 aliphatic rings. The number of hydrogen-bond acceptors (Lipinski definition) is 4. The maximum absolute atomic E-state index is 9.25. The van der Waals surface area contributed by atoms with E-state index in [1.54, 1.807) is 7.11 Å². The van der Waals surface area contributed by atoms with Crippen molar-refractivity contribution in [3.8, 4) is 5.75 Å². The lowest BCUT2D eigenvalue weighted by Gasteiger charge is -2.21. The van der Waals surface area contributed by atoms with Gasteiger partial charge in [0.15, 0.2) is 0 Å². The second-order valence-corrected chi connectivity index (χ2v) is 4.56. The number of aliphatic hydroxyl groups excluding tert-OH is 2. The number of hydrogen-bond donors (Lipinski definition) is 3. The van der Waals surface area contributed by atoms with E-state index in [0.717, 1.165) is 28.1 Å². The summed E-state index contributed by atoms with van der Waals surface area (Å²) in [6.45, 7) is 6.10. The molecule has 0 amide bonds. The van der Waals surface area contributed by atoms with Crippen LogP contribution in [0.1, 0.15) is 23.1 Å². The molecule has 0 heterocycles. The highest BCUT2D eigenvalue weighted by molar-refractivity contribution is 5.61. The molecule has 102 valence electrons. The first-order chi connectivity index (χ1) is 8.54. The second-order valence-electron chi connectivity index (χ2n) is 4.56. The van der Waals surface area contributed by atoms with Crippen LogP contribution in [-0.4, -0.2) is 36.6 Å². The van der Waals surface area contributed by atoms with Crippen molar-refractivity contribution in [2.45, 2.75) is 33.2 Å². The molecule has 0 saturated heterocycles. The lowest BCUT2D eigenvalue weighted by atomic mass is 10.0. The van der Waals surface area contributed by atoms with Crippen molar-refractivity contribution in [3.63, 3.8) is 0 Å². The fourth-order valence-corrected chi connectivity index (χ4v) is 2.11. The van der Waals surface area contributed by atoms with Gasteiger partial charge in [-0.25, -0.2) is 0 Å². The summed E-state index contributed by atoms with van der Waals surface area (Å²) in [4.78, 5) is 0. The molecule has 1 unspecified atom stereocenters. The molecule has 4 heteroatoms. The van der Waals surface area contributed by atoms with Gasteiger partial charge in [-0.15, -0.1) is 0 Å². The summed E-state index contributed by atoms with van der Waals surface area (Å²) in [6.07, 6.45) is 0.528. The normalized spacial score (nSPS) is 12.3. The largest absolute Gasteiger partial charge is 0.496 e. The fraction of sp³-hybridized carbons (Fsp3) is 0.571. The first-order valence-corrected chi connectivity index (χ1v) is 6.18. The number of benzene rings is 1. The number of nitrogens with one attached hydrogen (secondary N) is 1. The topological polar surface area (TPSA) is 61.7 Å². The van der Waals surface area contributed by atoms with Gasteiger partial charge in [-0.05, 0) is 49.9 Å². The maximum atomic E-state index is 9.25. The van der Waals surface area contributed by atoms with Crippen LogP contribution in [0.3, 0.4) is 0 Å². The number of aliphatic hydroxyl groups is 2. The van der Waals surface area contributed by atoms with Gasteiger partial charge in [-0.1, -0.05) is 0 Å². The average Bonchev–Trinajstić information content (AvgIpc) is 2.35. The van der Waals surface area contributed by atoms with Crippen LogP contribution < -0.4 is 10.1 Å². The summed E-state index contributed by atoms with van der Waals surface area (Å²) in [7, 11) is 1.67. The molecule has 4 nitrogen and oxygen atoms in total. The standard InChI is InChI=1S/C14H23NO3/c1-9-7-13(15-12(8-17)5-6-16)10(2)11(3)14(9)18-4/h7,12,15-17H,5-6,8H2,1-4H3. The summed E-state index contributed by atoms with van der Waals surface area (Å²) >= 11 is 0. The molecule has 1 aromatic rings. The summed E-state index contributed by atoms with van der Waals surface area (Å²) in [6, 6.07) is 1.89. The van der Waals surface area contributed by atoms with Gasteiger partial charge in [0.05, 0.1) is 19.8 Å². The SMILES string of the molecule is COc1c(C)cc(NC(CO)CCO)c(C)c1C. The van der Waals surface area contributed by atoms with Gasteiger partial charge in [0, 0.05) is 12.3 Å². The Morgan fingerprint density at radius 2 is 1.89 bits per heavy atom. The van der Waals surface area contributed by atoms with E-state index in [9.17, 15) is 5.11 Å². The summed E-state index contributed by atoms with van der Waals surface area (Å²) in [5, 5.41) is 21.5. The molecular formula is C14H23NO3. The molecule has 1 rings (SSSR count). The Hall–Kier alpha value is -1.26. The minimum atomic E-state index is -0.124. The van der Waals surface area contributed by atoms with Gasteiger partial charge in [-0.3, -0.25) is 0 Å². The molecule has 3 N–H and O–H groups in total. The van der Waals surface area contributed by atoms with Gasteiger partial charge >= 0.3 is 0 Å². The van der Waals surface area contributed by atoms with Crippen LogP contribution in [0.15, 0.2) is 6.07 Å². The number of methoxy groups -OCH3 is 1. The van der Waals surface area contributed by atoms with Gasteiger partial charge in [-0.2, -0.15) is 0 Å². The van der Waals surface area contributed by atoms with Crippen LogP contribution in [0.2, 0.25) is 0 Å². The average molecular weight is 253 g/mol. The van der Waals surface area contributed by atoms with E-state index in [1.165, 1.54) is 0 Å². The maximum Gasteiger partial charge on any atom is 0.125 e. The molecule has 0 aliphatic heterocycles. The molecule has 0 aromatic heterocycles. The fourth-order valence-electron chi connectivity index (χ4n) is 2.11. The molecule has 0 bridgehead atoms. The highest BCUT2D eigenvalue weighted by atomic mass is 16.5. The van der Waals surface area contributed by atoms with Crippen LogP contribution in [0.4, 0.5) is 5.69 Å². The van der Waals surface area contributed by atoms with Crippen molar-refractivity contribution in [1.29, 1.82) is 0 Å². The molecule has 0 aliphatic carbocycles. The molecule has 18 heavy (non-hydrogen) atoms. The van der Waals surface area contributed by atoms with E-state index in [1.807, 2.05) is 26.8 Å². The van der Waals surface area contributed by atoms with Crippen LogP contribution in [0.25, 0.3) is 0 Å². The zero-order valence-corrected chi connectivity index (χ0v) is 11.6. The Kier molecular flexibility index (Phi) is 5.44. The molecule has 0 spiro atoms. The van der Waals surface area contributed by atoms with Crippen LogP contribution in [-0.2, 0) is 0 Å². The first-order valence-electron chi connectivity index (χ1n) is 6.18. The lowest BCUT2D eigenvalue weighted by molar-refractivity contribution is 0.229. The summed E-state index contributed by atoms with van der Waals surface area (Å²) < 4.78 is 5.37. The van der Waals surface area contributed by atoms with E-state index in [4.69, 9.17) is 9.84 Å². The first kappa shape index (κ1) is 14.8. The number of rotatable bonds is 6. The molecule has 1 atom stereocenters. The Morgan fingerprint density at radius 3 is 2.39 bits per heavy atom. The summed E-state index contributed by atoms with van der Waals surface area (Å²) in [5.41, 5.74) is 4.25.